The van der Waals surface area contributed by atoms with Gasteiger partial charge in [0.1, 0.15) is 24.5 Å². The summed E-state index contributed by atoms with van der Waals surface area (Å²) in [6.07, 6.45) is 1.77. The zero-order chi connectivity index (χ0) is 26.8. The van der Waals surface area contributed by atoms with Gasteiger partial charge in [-0.15, -0.1) is 0 Å². The fraction of sp³-hybridized carbons (Fsp3) is 0.500. The minimum atomic E-state index is -4.23. The highest BCUT2D eigenvalue weighted by Gasteiger charge is 2.57. The van der Waals surface area contributed by atoms with Crippen molar-refractivity contribution in [3.63, 3.8) is 0 Å². The second kappa shape index (κ2) is 10.9. The number of aliphatic hydroxyl groups excluding tert-OH is 1. The molecule has 2 heterocycles. The van der Waals surface area contributed by atoms with Crippen LogP contribution in [0.25, 0.3) is 0 Å². The van der Waals surface area contributed by atoms with Crippen molar-refractivity contribution in [3.05, 3.63) is 53.9 Å². The molecule has 2 amide bonds. The molecule has 3 aliphatic rings. The van der Waals surface area contributed by atoms with E-state index in [4.69, 9.17) is 13.8 Å². The molecule has 37 heavy (non-hydrogen) atoms. The number of hydrogen-bond donors (Lipinski definition) is 3. The lowest BCUT2D eigenvalue weighted by Gasteiger charge is -2.33. The zero-order valence-corrected chi connectivity index (χ0v) is 21.5. The van der Waals surface area contributed by atoms with Crippen molar-refractivity contribution >= 4 is 19.7 Å². The van der Waals surface area contributed by atoms with Crippen LogP contribution < -0.4 is 14.9 Å². The first kappa shape index (κ1) is 27.3. The molecule has 0 bridgehead atoms. The molecule has 11 nitrogen and oxygen atoms in total. The van der Waals surface area contributed by atoms with E-state index in [1.165, 1.54) is 19.4 Å². The Labute approximate surface area is 214 Å². The van der Waals surface area contributed by atoms with Gasteiger partial charge in [-0.1, -0.05) is 18.7 Å². The number of halogens is 1. The maximum Gasteiger partial charge on any atom is 0.459 e. The van der Waals surface area contributed by atoms with Gasteiger partial charge in [0, 0.05) is 11.9 Å². The van der Waals surface area contributed by atoms with Crippen molar-refractivity contribution in [2.24, 2.45) is 0 Å². The number of amides is 2. The van der Waals surface area contributed by atoms with Crippen LogP contribution in [0.15, 0.2) is 42.8 Å². The van der Waals surface area contributed by atoms with Gasteiger partial charge in [0.25, 0.3) is 0 Å². The van der Waals surface area contributed by atoms with Crippen LogP contribution in [0, 0.1) is 0 Å². The maximum absolute atomic E-state index is 15.5. The molecule has 5 atom stereocenters. The van der Waals surface area contributed by atoms with E-state index < -0.39 is 57.0 Å². The number of ether oxygens (including phenoxy) is 2. The number of urea groups is 1. The van der Waals surface area contributed by atoms with E-state index in [-0.39, 0.29) is 0 Å². The Morgan fingerprint density at radius 2 is 2.16 bits per heavy atom. The van der Waals surface area contributed by atoms with Crippen LogP contribution in [0.3, 0.4) is 0 Å². The van der Waals surface area contributed by atoms with Crippen LogP contribution in [-0.2, 0) is 36.2 Å². The minimum absolute atomic E-state index is 0.318. The first-order valence-electron chi connectivity index (χ1n) is 11.9. The number of esters is 1. The number of methoxy groups -OCH3 is 1. The molecule has 1 aromatic carbocycles. The number of aryl methyl sites for hydroxylation is 1. The average molecular weight is 539 g/mol. The number of nitrogens with one attached hydrogen (secondary N) is 2. The number of nitrogens with zero attached hydrogens (tertiary/aromatic N) is 1. The van der Waals surface area contributed by atoms with E-state index in [0.29, 0.717) is 11.4 Å². The van der Waals surface area contributed by atoms with Gasteiger partial charge in [0.15, 0.2) is 11.9 Å². The maximum atomic E-state index is 15.5. The molecule has 2 aliphatic heterocycles. The Morgan fingerprint density at radius 3 is 2.89 bits per heavy atom. The normalized spacial score (nSPS) is 28.9. The smallest absolute Gasteiger partial charge is 0.459 e. The standard InChI is InChI=1S/C24H31FN3O8P/c1-15-11-12-28(23(31)27-15)22-24(2,25)21(30)19(35-22)14-34-37(32,26-13-20(29)33-3)36-18-10-6-8-16-7-4-5-9-17(16)18/h6,8,10-12,19,21-22,30H,1,4-5,7,9,13-14H2,2-3H3,(H,26,32)(H,27,31)/t19-,21-,22-,24-,37?/m1/s1. The van der Waals surface area contributed by atoms with Gasteiger partial charge < -0.3 is 24.4 Å². The lowest BCUT2D eigenvalue weighted by molar-refractivity contribution is -0.139. The van der Waals surface area contributed by atoms with E-state index in [1.54, 1.807) is 12.1 Å². The summed E-state index contributed by atoms with van der Waals surface area (Å²) < 4.78 is 50.9. The zero-order valence-electron chi connectivity index (χ0n) is 20.6. The summed E-state index contributed by atoms with van der Waals surface area (Å²) in [4.78, 5) is 25.0. The van der Waals surface area contributed by atoms with Crippen LogP contribution in [0.1, 0.15) is 30.9 Å². The van der Waals surface area contributed by atoms with Gasteiger partial charge in [0.05, 0.1) is 13.7 Å². The Morgan fingerprint density at radius 1 is 1.41 bits per heavy atom. The van der Waals surface area contributed by atoms with Crippen LogP contribution in [-0.4, -0.2) is 66.4 Å². The molecule has 0 spiro atoms. The van der Waals surface area contributed by atoms with Gasteiger partial charge in [-0.25, -0.2) is 18.8 Å². The molecule has 1 unspecified atom stereocenters. The first-order valence-corrected chi connectivity index (χ1v) is 13.4. The average Bonchev–Trinajstić information content (AvgIpc) is 3.10. The molecule has 0 radical (unpaired) electrons. The van der Waals surface area contributed by atoms with Crippen LogP contribution in [0.2, 0.25) is 0 Å². The Kier molecular flexibility index (Phi) is 8.05. The molecule has 1 aromatic rings. The number of carbonyl (C=O) groups excluding carboxylic acids is 2. The number of hydrogen-bond acceptors (Lipinski definition) is 8. The molecule has 3 N–H and O–H groups in total. The predicted molar refractivity (Wildman–Crippen MR) is 130 cm³/mol. The fourth-order valence-electron chi connectivity index (χ4n) is 4.49. The molecule has 0 aromatic heterocycles. The highest BCUT2D eigenvalue weighted by atomic mass is 31.2. The number of allylic oxidation sites excluding steroid dienone is 1. The molecule has 1 aliphatic carbocycles. The lowest BCUT2D eigenvalue weighted by Crippen LogP contribution is -2.53. The SMILES string of the molecule is C=C1C=CN([C@@H]2O[C@H](COP(=O)(NCC(=O)OC)Oc3cccc4c3CCCC4)[C@@H](O)[C@@]2(C)F)C(=O)N1. The van der Waals surface area contributed by atoms with Gasteiger partial charge in [-0.05, 0) is 55.9 Å². The van der Waals surface area contributed by atoms with Crippen LogP contribution in [0.4, 0.5) is 9.18 Å². The first-order chi connectivity index (χ1) is 17.5. The number of rotatable bonds is 9. The summed E-state index contributed by atoms with van der Waals surface area (Å²) in [7, 11) is -3.05. The van der Waals surface area contributed by atoms with Crippen molar-refractivity contribution in [3.8, 4) is 5.75 Å². The number of alkyl halides is 1. The van der Waals surface area contributed by atoms with Gasteiger partial charge >= 0.3 is 19.7 Å². The Bertz CT molecular complexity index is 1140. The fourth-order valence-corrected chi connectivity index (χ4v) is 5.79. The summed E-state index contributed by atoms with van der Waals surface area (Å²) in [5.74, 6) is -0.366. The monoisotopic (exact) mass is 539 g/mol. The molecule has 0 saturated carbocycles. The van der Waals surface area contributed by atoms with E-state index >= 15 is 4.39 Å². The van der Waals surface area contributed by atoms with E-state index in [0.717, 1.165) is 48.6 Å². The quantitative estimate of drug-likeness (QED) is 0.320. The number of carbonyl (C=O) groups is 2. The summed E-state index contributed by atoms with van der Waals surface area (Å²) in [6, 6.07) is 4.72. The van der Waals surface area contributed by atoms with Crippen molar-refractivity contribution in [1.82, 2.24) is 15.3 Å². The second-order valence-corrected chi connectivity index (χ2v) is 10.9. The molecule has 1 fully saturated rings. The Balaban J connectivity index is 1.51. The third-order valence-corrected chi connectivity index (χ3v) is 8.00. The molecular weight excluding hydrogens is 508 g/mol. The molecule has 202 valence electrons. The van der Waals surface area contributed by atoms with Crippen molar-refractivity contribution in [1.29, 1.82) is 0 Å². The van der Waals surface area contributed by atoms with Crippen molar-refractivity contribution < 1.29 is 42.2 Å². The van der Waals surface area contributed by atoms with Crippen LogP contribution in [0.5, 0.6) is 5.75 Å². The number of benzene rings is 1. The van der Waals surface area contributed by atoms with Gasteiger partial charge in [0.2, 0.25) is 0 Å². The molecule has 4 rings (SSSR count). The van der Waals surface area contributed by atoms with Crippen molar-refractivity contribution in [2.45, 2.75) is 56.7 Å². The summed E-state index contributed by atoms with van der Waals surface area (Å²) in [5, 5.41) is 15.6. The topological polar surface area (TPSA) is 136 Å². The van der Waals surface area contributed by atoms with Gasteiger partial charge in [-0.3, -0.25) is 14.2 Å². The van der Waals surface area contributed by atoms with Crippen LogP contribution >= 0.6 is 7.75 Å². The second-order valence-electron chi connectivity index (χ2n) is 9.20. The summed E-state index contributed by atoms with van der Waals surface area (Å²) >= 11 is 0. The largest absolute Gasteiger partial charge is 0.468 e. The Hall–Kier alpha value is -2.76. The van der Waals surface area contributed by atoms with E-state index in [1.807, 2.05) is 6.07 Å². The molecule has 1 saturated heterocycles. The summed E-state index contributed by atoms with van der Waals surface area (Å²) in [6.45, 7) is 3.65. The third-order valence-electron chi connectivity index (χ3n) is 6.53. The number of fused-ring (bicyclic) bond motifs is 1. The molecular formula is C24H31FN3O8P. The van der Waals surface area contributed by atoms with E-state index in [9.17, 15) is 19.3 Å². The van der Waals surface area contributed by atoms with Crippen molar-refractivity contribution in [2.75, 3.05) is 20.3 Å². The van der Waals surface area contributed by atoms with Gasteiger partial charge in [-0.2, -0.15) is 0 Å². The minimum Gasteiger partial charge on any atom is -0.468 e. The molecule has 13 heteroatoms. The number of aliphatic hydroxyl groups is 1. The predicted octanol–water partition coefficient (Wildman–Crippen LogP) is 2.70. The highest BCUT2D eigenvalue weighted by molar-refractivity contribution is 7.52. The third kappa shape index (κ3) is 5.89. The lowest BCUT2D eigenvalue weighted by atomic mass is 9.91. The highest BCUT2D eigenvalue weighted by Crippen LogP contribution is 2.48. The summed E-state index contributed by atoms with van der Waals surface area (Å²) in [5.41, 5.74) is -0.102. The van der Waals surface area contributed by atoms with E-state index in [2.05, 4.69) is 21.7 Å².